The zero-order chi connectivity index (χ0) is 14.8. The van der Waals surface area contributed by atoms with Crippen molar-refractivity contribution in [1.29, 1.82) is 0 Å². The van der Waals surface area contributed by atoms with E-state index in [1.165, 1.54) is 12.1 Å². The first-order valence-corrected chi connectivity index (χ1v) is 6.07. The lowest BCUT2D eigenvalue weighted by atomic mass is 10.1. The SMILES string of the molecule is O=C1CC(C(=O)NCc2ccc(C(F)(F)F)cc2)CN1. The van der Waals surface area contributed by atoms with E-state index in [1.54, 1.807) is 0 Å². The van der Waals surface area contributed by atoms with E-state index in [-0.39, 0.29) is 24.8 Å². The second-order valence-corrected chi connectivity index (χ2v) is 4.62. The number of alkyl halides is 3. The maximum Gasteiger partial charge on any atom is 0.416 e. The third-order valence-electron chi connectivity index (χ3n) is 3.10. The molecule has 1 heterocycles. The average Bonchev–Trinajstić information content (AvgIpc) is 2.82. The van der Waals surface area contributed by atoms with Gasteiger partial charge in [0.05, 0.1) is 11.5 Å². The van der Waals surface area contributed by atoms with Crippen molar-refractivity contribution in [2.24, 2.45) is 5.92 Å². The maximum atomic E-state index is 12.4. The van der Waals surface area contributed by atoms with Crippen molar-refractivity contribution in [1.82, 2.24) is 10.6 Å². The van der Waals surface area contributed by atoms with Gasteiger partial charge in [-0.15, -0.1) is 0 Å². The molecule has 0 aromatic heterocycles. The summed E-state index contributed by atoms with van der Waals surface area (Å²) in [7, 11) is 0. The van der Waals surface area contributed by atoms with Gasteiger partial charge in [0.1, 0.15) is 0 Å². The molecule has 0 radical (unpaired) electrons. The van der Waals surface area contributed by atoms with Crippen LogP contribution < -0.4 is 10.6 Å². The molecule has 0 spiro atoms. The molecule has 1 fully saturated rings. The van der Waals surface area contributed by atoms with Crippen molar-refractivity contribution in [2.75, 3.05) is 6.54 Å². The van der Waals surface area contributed by atoms with Gasteiger partial charge in [-0.25, -0.2) is 0 Å². The van der Waals surface area contributed by atoms with Gasteiger partial charge in [0.25, 0.3) is 0 Å². The van der Waals surface area contributed by atoms with Crippen LogP contribution in [0.1, 0.15) is 17.5 Å². The first-order chi connectivity index (χ1) is 9.36. The summed E-state index contributed by atoms with van der Waals surface area (Å²) in [5, 5.41) is 5.16. The van der Waals surface area contributed by atoms with E-state index in [2.05, 4.69) is 10.6 Å². The zero-order valence-electron chi connectivity index (χ0n) is 10.5. The van der Waals surface area contributed by atoms with E-state index in [4.69, 9.17) is 0 Å². The van der Waals surface area contributed by atoms with Crippen molar-refractivity contribution in [3.05, 3.63) is 35.4 Å². The molecule has 2 rings (SSSR count). The molecule has 1 aliphatic rings. The highest BCUT2D eigenvalue weighted by atomic mass is 19.4. The van der Waals surface area contributed by atoms with Crippen LogP contribution in [-0.4, -0.2) is 18.4 Å². The highest BCUT2D eigenvalue weighted by Crippen LogP contribution is 2.29. The standard InChI is InChI=1S/C13H13F3N2O2/c14-13(15,16)10-3-1-8(2-4-10)6-18-12(20)9-5-11(19)17-7-9/h1-4,9H,5-7H2,(H,17,19)(H,18,20). The number of carbonyl (C=O) groups excluding carboxylic acids is 2. The van der Waals surface area contributed by atoms with Gasteiger partial charge in [-0.2, -0.15) is 13.2 Å². The number of hydrogen-bond acceptors (Lipinski definition) is 2. The fraction of sp³-hybridized carbons (Fsp3) is 0.385. The summed E-state index contributed by atoms with van der Waals surface area (Å²) in [5.74, 6) is -0.847. The highest BCUT2D eigenvalue weighted by molar-refractivity contribution is 5.89. The van der Waals surface area contributed by atoms with Crippen LogP contribution in [0.15, 0.2) is 24.3 Å². The van der Waals surface area contributed by atoms with Gasteiger partial charge in [-0.05, 0) is 17.7 Å². The Labute approximate surface area is 113 Å². The number of halogens is 3. The summed E-state index contributed by atoms with van der Waals surface area (Å²) in [6.07, 6.45) is -4.21. The molecule has 2 N–H and O–H groups in total. The first kappa shape index (κ1) is 14.4. The summed E-state index contributed by atoms with van der Waals surface area (Å²) in [6.45, 7) is 0.444. The smallest absolute Gasteiger partial charge is 0.355 e. The molecular formula is C13H13F3N2O2. The monoisotopic (exact) mass is 286 g/mol. The largest absolute Gasteiger partial charge is 0.416 e. The number of amides is 2. The number of hydrogen-bond donors (Lipinski definition) is 2. The van der Waals surface area contributed by atoms with Crippen LogP contribution >= 0.6 is 0 Å². The first-order valence-electron chi connectivity index (χ1n) is 6.07. The molecule has 1 aliphatic heterocycles. The van der Waals surface area contributed by atoms with E-state index in [1.807, 2.05) is 0 Å². The number of benzene rings is 1. The second-order valence-electron chi connectivity index (χ2n) is 4.62. The summed E-state index contributed by atoms with van der Waals surface area (Å²) < 4.78 is 37.1. The molecule has 0 aliphatic carbocycles. The lowest BCUT2D eigenvalue weighted by Gasteiger charge is -2.10. The topological polar surface area (TPSA) is 58.2 Å². The van der Waals surface area contributed by atoms with Crippen LogP contribution in [0, 0.1) is 5.92 Å². The molecular weight excluding hydrogens is 273 g/mol. The van der Waals surface area contributed by atoms with Crippen LogP contribution in [0.3, 0.4) is 0 Å². The molecule has 20 heavy (non-hydrogen) atoms. The van der Waals surface area contributed by atoms with Crippen molar-refractivity contribution in [3.8, 4) is 0 Å². The molecule has 0 saturated carbocycles. The van der Waals surface area contributed by atoms with E-state index in [0.717, 1.165) is 12.1 Å². The van der Waals surface area contributed by atoms with E-state index >= 15 is 0 Å². The minimum atomic E-state index is -4.36. The Balaban J connectivity index is 1.88. The molecule has 108 valence electrons. The zero-order valence-corrected chi connectivity index (χ0v) is 10.5. The van der Waals surface area contributed by atoms with Crippen LogP contribution in [-0.2, 0) is 22.3 Å². The van der Waals surface area contributed by atoms with E-state index in [0.29, 0.717) is 12.1 Å². The van der Waals surface area contributed by atoms with E-state index in [9.17, 15) is 22.8 Å². The fourth-order valence-corrected chi connectivity index (χ4v) is 1.94. The quantitative estimate of drug-likeness (QED) is 0.883. The van der Waals surface area contributed by atoms with Crippen molar-refractivity contribution >= 4 is 11.8 Å². The van der Waals surface area contributed by atoms with Gasteiger partial charge in [-0.1, -0.05) is 12.1 Å². The summed E-state index contributed by atoms with van der Waals surface area (Å²) >= 11 is 0. The maximum absolute atomic E-state index is 12.4. The van der Waals surface area contributed by atoms with Gasteiger partial charge in [0, 0.05) is 19.5 Å². The predicted octanol–water partition coefficient (Wildman–Crippen LogP) is 1.46. The van der Waals surface area contributed by atoms with Crippen molar-refractivity contribution in [3.63, 3.8) is 0 Å². The van der Waals surface area contributed by atoms with Gasteiger partial charge in [-0.3, -0.25) is 9.59 Å². The van der Waals surface area contributed by atoms with Gasteiger partial charge in [0.2, 0.25) is 11.8 Å². The number of rotatable bonds is 3. The van der Waals surface area contributed by atoms with Crippen LogP contribution in [0.25, 0.3) is 0 Å². The minimum absolute atomic E-state index is 0.141. The average molecular weight is 286 g/mol. The summed E-state index contributed by atoms with van der Waals surface area (Å²) in [6, 6.07) is 4.59. The van der Waals surface area contributed by atoms with Crippen molar-refractivity contribution in [2.45, 2.75) is 19.1 Å². The summed E-state index contributed by atoms with van der Waals surface area (Å²) in [5.41, 5.74) is -0.151. The Bertz CT molecular complexity index is 511. The molecule has 1 unspecified atom stereocenters. The predicted molar refractivity (Wildman–Crippen MR) is 64.4 cm³/mol. The lowest BCUT2D eigenvalue weighted by Crippen LogP contribution is -2.31. The summed E-state index contributed by atoms with van der Waals surface area (Å²) in [4.78, 5) is 22.7. The minimum Gasteiger partial charge on any atom is -0.355 e. The highest BCUT2D eigenvalue weighted by Gasteiger charge is 2.30. The Morgan fingerprint density at radius 2 is 1.95 bits per heavy atom. The third kappa shape index (κ3) is 3.49. The number of nitrogens with one attached hydrogen (secondary N) is 2. The van der Waals surface area contributed by atoms with Gasteiger partial charge >= 0.3 is 6.18 Å². The molecule has 2 amide bonds. The number of carbonyl (C=O) groups is 2. The van der Waals surface area contributed by atoms with Gasteiger partial charge in [0.15, 0.2) is 0 Å². The molecule has 1 atom stereocenters. The Hall–Kier alpha value is -2.05. The fourth-order valence-electron chi connectivity index (χ4n) is 1.94. The molecule has 0 bridgehead atoms. The Morgan fingerprint density at radius 1 is 1.30 bits per heavy atom. The molecule has 1 aromatic rings. The van der Waals surface area contributed by atoms with Crippen LogP contribution in [0.5, 0.6) is 0 Å². The van der Waals surface area contributed by atoms with E-state index < -0.39 is 17.7 Å². The Morgan fingerprint density at radius 3 is 2.45 bits per heavy atom. The Kier molecular flexibility index (Phi) is 3.96. The molecule has 1 aromatic carbocycles. The van der Waals surface area contributed by atoms with Gasteiger partial charge < -0.3 is 10.6 Å². The second kappa shape index (κ2) is 5.52. The third-order valence-corrected chi connectivity index (χ3v) is 3.10. The molecule has 7 heteroatoms. The lowest BCUT2D eigenvalue weighted by molar-refractivity contribution is -0.137. The molecule has 4 nitrogen and oxygen atoms in total. The molecule has 1 saturated heterocycles. The van der Waals surface area contributed by atoms with Crippen LogP contribution in [0.2, 0.25) is 0 Å². The van der Waals surface area contributed by atoms with Crippen molar-refractivity contribution < 1.29 is 22.8 Å². The normalized spacial score (nSPS) is 18.8. The van der Waals surface area contributed by atoms with Crippen LogP contribution in [0.4, 0.5) is 13.2 Å².